The van der Waals surface area contributed by atoms with Crippen LogP contribution < -0.4 is 16.1 Å². The van der Waals surface area contributed by atoms with Gasteiger partial charge >= 0.3 is 65.5 Å². The molecule has 1 heterocycles. The Kier molecular flexibility index (Phi) is 4.57. The summed E-state index contributed by atoms with van der Waals surface area (Å²) in [4.78, 5) is 3.85. The van der Waals surface area contributed by atoms with Crippen molar-refractivity contribution in [2.75, 3.05) is 0 Å². The average molecular weight is 172 g/mol. The molecule has 9 heavy (non-hydrogen) atoms. The molecule has 0 N–H and O–H groups in total. The molecule has 44 valence electrons. The van der Waals surface area contributed by atoms with Crippen molar-refractivity contribution in [3.63, 3.8) is 0 Å². The minimum atomic E-state index is 0. The first kappa shape index (κ1) is 9.50. The fourth-order valence-corrected chi connectivity index (χ4v) is 0.727. The van der Waals surface area contributed by atoms with Gasteiger partial charge in [-0.15, -0.1) is 0 Å². The van der Waals surface area contributed by atoms with E-state index in [0.717, 1.165) is 3.69 Å². The molecule has 0 saturated carbocycles. The van der Waals surface area contributed by atoms with Gasteiger partial charge in [0, 0.05) is 0 Å². The van der Waals surface area contributed by atoms with E-state index in [4.69, 9.17) is 11.6 Å². The van der Waals surface area contributed by atoms with E-state index in [2.05, 4.69) is 4.98 Å². The molecule has 0 aliphatic heterocycles. The molecule has 0 aromatic carbocycles. The van der Waals surface area contributed by atoms with Crippen molar-refractivity contribution in [2.24, 2.45) is 0 Å². The molecule has 1 rings (SSSR count). The Hall–Kier alpha value is 0.496. The van der Waals surface area contributed by atoms with Gasteiger partial charge in [0.05, 0.1) is 0 Å². The van der Waals surface area contributed by atoms with Crippen LogP contribution >= 0.6 is 11.6 Å². The molecule has 0 radical (unpaired) electrons. The van der Waals surface area contributed by atoms with E-state index >= 15 is 0 Å². The molecule has 1 nitrogen and oxygen atoms in total. The third-order valence-electron chi connectivity index (χ3n) is 0.789. The Morgan fingerprint density at radius 3 is 2.44 bits per heavy atom. The van der Waals surface area contributed by atoms with Crippen LogP contribution in [-0.2, 0) is 0 Å². The van der Waals surface area contributed by atoms with Gasteiger partial charge in [-0.2, -0.15) is 0 Å². The standard InChI is InChI=1S/C5H3ClN.ClH.Mg/c6-5-3-1-2-4-7-5;;/h1,3-4H;1H;/q;;+1/p-1. The molecule has 0 spiro atoms. The molecule has 0 unspecified atom stereocenters. The van der Waals surface area contributed by atoms with E-state index < -0.39 is 0 Å². The Balaban J connectivity index is 0.000000640. The molecule has 1 aromatic rings. The third-order valence-corrected chi connectivity index (χ3v) is 1.43. The van der Waals surface area contributed by atoms with Crippen LogP contribution in [0.5, 0.6) is 0 Å². The molecule has 0 bridgehead atoms. The Morgan fingerprint density at radius 2 is 2.11 bits per heavy atom. The average Bonchev–Trinajstić information content (AvgIpc) is 1.77. The number of pyridine rings is 1. The molecule has 0 aliphatic rings. The van der Waals surface area contributed by atoms with Gasteiger partial charge in [0.15, 0.2) is 0 Å². The third kappa shape index (κ3) is 3.25. The minimum absolute atomic E-state index is 0. The molecule has 0 saturated heterocycles. The predicted octanol–water partition coefficient (Wildman–Crippen LogP) is -2.47. The van der Waals surface area contributed by atoms with Crippen molar-refractivity contribution in [3.8, 4) is 0 Å². The Labute approximate surface area is 77.7 Å². The van der Waals surface area contributed by atoms with E-state index in [0.29, 0.717) is 5.15 Å². The second-order valence-electron chi connectivity index (χ2n) is 1.49. The Bertz CT molecular complexity index is 154. The van der Waals surface area contributed by atoms with E-state index in [1.165, 1.54) is 0 Å². The summed E-state index contributed by atoms with van der Waals surface area (Å²) < 4.78 is 1.16. The topological polar surface area (TPSA) is 12.9 Å². The Morgan fingerprint density at radius 1 is 1.44 bits per heavy atom. The normalized spacial score (nSPS) is 8.33. The summed E-state index contributed by atoms with van der Waals surface area (Å²) in [6.45, 7) is 0. The van der Waals surface area contributed by atoms with Gasteiger partial charge in [-0.05, 0) is 0 Å². The summed E-state index contributed by atoms with van der Waals surface area (Å²) in [7, 11) is 0. The van der Waals surface area contributed by atoms with Gasteiger partial charge in [0.2, 0.25) is 0 Å². The van der Waals surface area contributed by atoms with Crippen LogP contribution in [0.4, 0.5) is 0 Å². The fourth-order valence-electron chi connectivity index (χ4n) is 0.406. The summed E-state index contributed by atoms with van der Waals surface area (Å²) in [5.41, 5.74) is 0. The first-order chi connectivity index (χ1) is 3.79. The zero-order valence-electron chi connectivity index (χ0n) is 4.64. The van der Waals surface area contributed by atoms with Gasteiger partial charge in [0.1, 0.15) is 0 Å². The SMILES string of the molecule is [Cl-].[Mg+][c]1ccc(Cl)nc1. The van der Waals surface area contributed by atoms with Crippen LogP contribution in [-0.4, -0.2) is 26.7 Å². The number of hydrogen-bond donors (Lipinski definition) is 0. The van der Waals surface area contributed by atoms with E-state index in [1.54, 1.807) is 34.0 Å². The summed E-state index contributed by atoms with van der Waals surface area (Å²) >= 11 is 7.29. The van der Waals surface area contributed by atoms with Crippen molar-refractivity contribution < 1.29 is 12.4 Å². The molecule has 1 aromatic heterocycles. The first-order valence-electron chi connectivity index (χ1n) is 2.22. The second kappa shape index (κ2) is 4.33. The molecule has 0 amide bonds. The van der Waals surface area contributed by atoms with Crippen LogP contribution in [0.15, 0.2) is 18.3 Å². The summed E-state index contributed by atoms with van der Waals surface area (Å²) in [6.07, 6.45) is 1.75. The number of aromatic nitrogens is 1. The van der Waals surface area contributed by atoms with Gasteiger partial charge in [0.25, 0.3) is 0 Å². The first-order valence-corrected chi connectivity index (χ1v) is 3.31. The number of nitrogens with zero attached hydrogens (tertiary/aromatic N) is 1. The van der Waals surface area contributed by atoms with Crippen LogP contribution in [0, 0.1) is 0 Å². The molecule has 0 aliphatic carbocycles. The second-order valence-corrected chi connectivity index (χ2v) is 2.69. The predicted molar refractivity (Wildman–Crippen MR) is 34.6 cm³/mol. The van der Waals surface area contributed by atoms with Crippen molar-refractivity contribution in [2.45, 2.75) is 0 Å². The van der Waals surface area contributed by atoms with Crippen LogP contribution in [0.3, 0.4) is 0 Å². The van der Waals surface area contributed by atoms with Crippen molar-refractivity contribution in [1.82, 2.24) is 4.98 Å². The molecule has 4 heteroatoms. The van der Waals surface area contributed by atoms with Crippen LogP contribution in [0.1, 0.15) is 0 Å². The maximum atomic E-state index is 5.50. The fraction of sp³-hybridized carbons (Fsp3) is 0. The summed E-state index contributed by atoms with van der Waals surface area (Å²) in [5, 5.41) is 0.556. The van der Waals surface area contributed by atoms with Crippen molar-refractivity contribution in [3.05, 3.63) is 23.5 Å². The maximum absolute atomic E-state index is 5.50. The summed E-state index contributed by atoms with van der Waals surface area (Å²) in [5.74, 6) is 0. The quantitative estimate of drug-likeness (QED) is 0.312. The zero-order chi connectivity index (χ0) is 5.98. The van der Waals surface area contributed by atoms with E-state index in [1.807, 2.05) is 6.07 Å². The van der Waals surface area contributed by atoms with Gasteiger partial charge in [-0.1, -0.05) is 0 Å². The summed E-state index contributed by atoms with van der Waals surface area (Å²) in [6, 6.07) is 3.72. The zero-order valence-corrected chi connectivity index (χ0v) is 7.57. The molecule has 0 atom stereocenters. The monoisotopic (exact) mass is 171 g/mol. The van der Waals surface area contributed by atoms with Gasteiger partial charge in [-0.25, -0.2) is 0 Å². The molecule has 0 fully saturated rings. The van der Waals surface area contributed by atoms with Crippen LogP contribution in [0.2, 0.25) is 5.15 Å². The van der Waals surface area contributed by atoms with Crippen LogP contribution in [0.25, 0.3) is 0 Å². The van der Waals surface area contributed by atoms with Crippen molar-refractivity contribution in [1.29, 1.82) is 0 Å². The number of hydrogen-bond acceptors (Lipinski definition) is 1. The molecular formula is C5H3Cl2MgN. The number of rotatable bonds is 0. The van der Waals surface area contributed by atoms with Gasteiger partial charge < -0.3 is 12.4 Å². The van der Waals surface area contributed by atoms with E-state index in [-0.39, 0.29) is 12.4 Å². The van der Waals surface area contributed by atoms with E-state index in [9.17, 15) is 0 Å². The number of halogens is 2. The molecular weight excluding hydrogens is 169 g/mol. The van der Waals surface area contributed by atoms with Gasteiger partial charge in [-0.3, -0.25) is 0 Å². The van der Waals surface area contributed by atoms with Crippen molar-refractivity contribution >= 4 is 37.0 Å².